The number of thioether (sulfide) groups is 1. The molecule has 3 aromatic carbocycles. The van der Waals surface area contributed by atoms with Crippen LogP contribution in [0.15, 0.2) is 83.8 Å². The van der Waals surface area contributed by atoms with Gasteiger partial charge in [0.2, 0.25) is 0 Å². The topological polar surface area (TPSA) is 61.8 Å². The van der Waals surface area contributed by atoms with E-state index in [1.807, 2.05) is 6.07 Å². The lowest BCUT2D eigenvalue weighted by Gasteiger charge is -2.56. The third-order valence-electron chi connectivity index (χ3n) is 7.94. The number of nitrogens with one attached hydrogen (secondary N) is 1. The first kappa shape index (κ1) is 30.3. The molecule has 0 spiro atoms. The normalized spacial score (nSPS) is 23.8. The minimum absolute atomic E-state index is 0. The number of benzene rings is 3. The minimum Gasteiger partial charge on any atom is -0.496 e. The van der Waals surface area contributed by atoms with Crippen molar-refractivity contribution >= 4 is 42.5 Å². The summed E-state index contributed by atoms with van der Waals surface area (Å²) in [6.07, 6.45) is 2.97. The number of hydrogen-bond donors (Lipinski definition) is 2. The number of methoxy groups -OCH3 is 1. The summed E-state index contributed by atoms with van der Waals surface area (Å²) in [5.74, 6) is 0.0200. The monoisotopic (exact) mass is 574 g/mol. The summed E-state index contributed by atoms with van der Waals surface area (Å²) >= 11 is 1.71. The van der Waals surface area contributed by atoms with Gasteiger partial charge in [-0.25, -0.2) is 0 Å². The molecule has 0 saturated carbocycles. The first-order valence-electron chi connectivity index (χ1n) is 12.6. The largest absolute Gasteiger partial charge is 0.496 e. The van der Waals surface area contributed by atoms with Crippen LogP contribution < -0.4 is 10.1 Å². The first-order chi connectivity index (χ1) is 17.6. The summed E-state index contributed by atoms with van der Waals surface area (Å²) in [5, 5.41) is 14.0. The maximum absolute atomic E-state index is 12.3. The number of nitrogens with zero attached hydrogens (tertiary/aromatic N) is 1. The van der Waals surface area contributed by atoms with Crippen molar-refractivity contribution in [2.45, 2.75) is 35.9 Å². The summed E-state index contributed by atoms with van der Waals surface area (Å²) < 4.78 is 5.67. The van der Waals surface area contributed by atoms with Gasteiger partial charge in [0.1, 0.15) is 5.75 Å². The summed E-state index contributed by atoms with van der Waals surface area (Å²) in [6.45, 7) is 2.16. The summed E-state index contributed by atoms with van der Waals surface area (Å²) in [7, 11) is 1.70. The SMILES string of the molecule is COc1ccc(SC)cc1CNC1C2CCN(CC2C(=O)O)C1C(c1ccccc1)c1ccccc1.Cl.Cl. The Bertz CT molecular complexity index is 1150. The van der Waals surface area contributed by atoms with Gasteiger partial charge in [-0.3, -0.25) is 9.69 Å². The van der Waals surface area contributed by atoms with E-state index in [0.717, 1.165) is 24.3 Å². The molecule has 5 nitrogen and oxygen atoms in total. The molecule has 204 valence electrons. The molecule has 0 radical (unpaired) electrons. The third kappa shape index (κ3) is 6.16. The average Bonchev–Trinajstić information content (AvgIpc) is 2.93. The van der Waals surface area contributed by atoms with Crippen LogP contribution in [-0.4, -0.2) is 54.5 Å². The van der Waals surface area contributed by atoms with E-state index in [1.165, 1.54) is 16.0 Å². The Morgan fingerprint density at radius 3 is 2.24 bits per heavy atom. The molecule has 38 heavy (non-hydrogen) atoms. The second kappa shape index (κ2) is 13.7. The van der Waals surface area contributed by atoms with Crippen LogP contribution in [-0.2, 0) is 11.3 Å². The Labute approximate surface area is 242 Å². The fourth-order valence-electron chi connectivity index (χ4n) is 6.28. The Hall–Kier alpha value is -2.22. The number of fused-ring (bicyclic) bond motifs is 3. The van der Waals surface area contributed by atoms with Gasteiger partial charge in [0.15, 0.2) is 0 Å². The molecule has 3 aliphatic rings. The second-order valence-electron chi connectivity index (χ2n) is 9.77. The predicted octanol–water partition coefficient (Wildman–Crippen LogP) is 5.96. The van der Waals surface area contributed by atoms with Crippen molar-refractivity contribution in [2.24, 2.45) is 11.8 Å². The Morgan fingerprint density at radius 2 is 1.68 bits per heavy atom. The van der Waals surface area contributed by atoms with Gasteiger partial charge in [-0.15, -0.1) is 36.6 Å². The van der Waals surface area contributed by atoms with E-state index in [2.05, 4.69) is 89.3 Å². The average molecular weight is 576 g/mol. The molecule has 3 fully saturated rings. The molecular formula is C30H36Cl2N2O3S. The van der Waals surface area contributed by atoms with Crippen molar-refractivity contribution in [2.75, 3.05) is 26.5 Å². The van der Waals surface area contributed by atoms with Crippen molar-refractivity contribution in [1.82, 2.24) is 10.2 Å². The zero-order valence-corrected chi connectivity index (χ0v) is 24.1. The van der Waals surface area contributed by atoms with E-state index in [-0.39, 0.29) is 54.7 Å². The maximum atomic E-state index is 12.3. The Morgan fingerprint density at radius 1 is 1.05 bits per heavy atom. The van der Waals surface area contributed by atoms with Crippen LogP contribution in [0, 0.1) is 11.8 Å². The smallest absolute Gasteiger partial charge is 0.308 e. The van der Waals surface area contributed by atoms with Crippen molar-refractivity contribution in [3.8, 4) is 5.75 Å². The number of carboxylic acid groups (broad SMARTS) is 1. The van der Waals surface area contributed by atoms with Crippen molar-refractivity contribution in [3.05, 3.63) is 95.6 Å². The molecule has 5 unspecified atom stereocenters. The van der Waals surface area contributed by atoms with Crippen LogP contribution in [0.5, 0.6) is 5.75 Å². The Kier molecular flexibility index (Phi) is 10.9. The van der Waals surface area contributed by atoms with E-state index in [1.54, 1.807) is 18.9 Å². The summed E-state index contributed by atoms with van der Waals surface area (Å²) in [5.41, 5.74) is 3.63. The van der Waals surface area contributed by atoms with Gasteiger partial charge in [0.05, 0.1) is 13.0 Å². The molecule has 2 bridgehead atoms. The Balaban J connectivity index is 0.00000200. The number of carboxylic acids is 1. The van der Waals surface area contributed by atoms with Gasteiger partial charge < -0.3 is 15.2 Å². The molecule has 0 amide bonds. The van der Waals surface area contributed by atoms with Gasteiger partial charge in [0, 0.05) is 41.6 Å². The number of hydrogen-bond acceptors (Lipinski definition) is 5. The van der Waals surface area contributed by atoms with Gasteiger partial charge in [-0.2, -0.15) is 0 Å². The second-order valence-corrected chi connectivity index (χ2v) is 10.6. The van der Waals surface area contributed by atoms with E-state index < -0.39 is 5.97 Å². The van der Waals surface area contributed by atoms with Crippen LogP contribution in [0.4, 0.5) is 0 Å². The number of rotatable bonds is 9. The molecule has 8 heteroatoms. The van der Waals surface area contributed by atoms with E-state index in [4.69, 9.17) is 4.74 Å². The van der Waals surface area contributed by atoms with E-state index in [0.29, 0.717) is 13.1 Å². The number of halogens is 2. The van der Waals surface area contributed by atoms with Gasteiger partial charge in [0.25, 0.3) is 0 Å². The molecule has 3 aromatic rings. The lowest BCUT2D eigenvalue weighted by molar-refractivity contribution is -0.152. The maximum Gasteiger partial charge on any atom is 0.308 e. The summed E-state index contributed by atoms with van der Waals surface area (Å²) in [4.78, 5) is 15.9. The van der Waals surface area contributed by atoms with Crippen LogP contribution >= 0.6 is 36.6 Å². The quantitative estimate of drug-likeness (QED) is 0.308. The van der Waals surface area contributed by atoms with Crippen LogP contribution in [0.3, 0.4) is 0 Å². The van der Waals surface area contributed by atoms with Crippen LogP contribution in [0.25, 0.3) is 0 Å². The standard InChI is InChI=1S/C30H34N2O3S.2ClH/c1-35-26-14-13-23(36-2)17-22(26)18-31-28-24-15-16-32(19-25(24)30(33)34)29(28)27(20-9-5-3-6-10-20)21-11-7-4-8-12-21;;/h3-14,17,24-25,27-29,31H,15-16,18-19H2,1-2H3,(H,33,34);2*1H. The van der Waals surface area contributed by atoms with Crippen LogP contribution in [0.1, 0.15) is 29.0 Å². The fourth-order valence-corrected chi connectivity index (χ4v) is 6.75. The molecule has 5 atom stereocenters. The highest BCUT2D eigenvalue weighted by molar-refractivity contribution is 7.98. The first-order valence-corrected chi connectivity index (χ1v) is 13.8. The molecule has 3 aliphatic heterocycles. The number of aliphatic carboxylic acids is 1. The third-order valence-corrected chi connectivity index (χ3v) is 8.67. The zero-order valence-electron chi connectivity index (χ0n) is 21.7. The molecular weight excluding hydrogens is 539 g/mol. The van der Waals surface area contributed by atoms with E-state index in [9.17, 15) is 9.90 Å². The number of carbonyl (C=O) groups is 1. The number of piperidine rings is 3. The highest BCUT2D eigenvalue weighted by atomic mass is 35.5. The van der Waals surface area contributed by atoms with Gasteiger partial charge >= 0.3 is 5.97 Å². The molecule has 3 saturated heterocycles. The molecule has 0 aliphatic carbocycles. The predicted molar refractivity (Wildman–Crippen MR) is 159 cm³/mol. The van der Waals surface area contributed by atoms with Crippen LogP contribution in [0.2, 0.25) is 0 Å². The molecule has 0 aromatic heterocycles. The summed E-state index contributed by atoms with van der Waals surface area (Å²) in [6, 6.07) is 27.8. The fraction of sp³-hybridized carbons (Fsp3) is 0.367. The number of ether oxygens (including phenoxy) is 1. The zero-order chi connectivity index (χ0) is 25.1. The minimum atomic E-state index is -0.687. The molecule has 2 N–H and O–H groups in total. The lowest BCUT2D eigenvalue weighted by Crippen LogP contribution is -2.68. The van der Waals surface area contributed by atoms with Gasteiger partial charge in [-0.1, -0.05) is 60.7 Å². The van der Waals surface area contributed by atoms with Gasteiger partial charge in [-0.05, 0) is 54.5 Å². The van der Waals surface area contributed by atoms with Crippen molar-refractivity contribution < 1.29 is 14.6 Å². The van der Waals surface area contributed by atoms with E-state index >= 15 is 0 Å². The lowest BCUT2D eigenvalue weighted by atomic mass is 9.66. The van der Waals surface area contributed by atoms with Crippen molar-refractivity contribution in [3.63, 3.8) is 0 Å². The molecule has 6 rings (SSSR count). The highest BCUT2D eigenvalue weighted by Gasteiger charge is 2.52. The molecule has 3 heterocycles. The highest BCUT2D eigenvalue weighted by Crippen LogP contribution is 2.44. The van der Waals surface area contributed by atoms with Crippen molar-refractivity contribution in [1.29, 1.82) is 0 Å².